The predicted molar refractivity (Wildman–Crippen MR) is 41.8 cm³/mol. The van der Waals surface area contributed by atoms with Crippen LogP contribution in [0.5, 0.6) is 0 Å². The van der Waals surface area contributed by atoms with Gasteiger partial charge in [-0.05, 0) is 12.8 Å². The third kappa shape index (κ3) is 2.17. The fourth-order valence-electron chi connectivity index (χ4n) is 1.73. The molecule has 0 unspecified atom stereocenters. The minimum atomic E-state index is -3.09. The van der Waals surface area contributed by atoms with Crippen molar-refractivity contribution in [2.75, 3.05) is 0 Å². The van der Waals surface area contributed by atoms with Gasteiger partial charge in [0.15, 0.2) is 0 Å². The van der Waals surface area contributed by atoms with E-state index in [1.807, 2.05) is 0 Å². The molecule has 1 nitrogen and oxygen atoms in total. The summed E-state index contributed by atoms with van der Waals surface area (Å²) in [5, 5.41) is 8.24. The molecule has 1 aliphatic carbocycles. The van der Waals surface area contributed by atoms with Gasteiger partial charge >= 0.3 is 5.92 Å². The lowest BCUT2D eigenvalue weighted by molar-refractivity contribution is -0.00749. The summed E-state index contributed by atoms with van der Waals surface area (Å²) in [4.78, 5) is 0. The van der Waals surface area contributed by atoms with Crippen LogP contribution >= 0.6 is 0 Å². The summed E-state index contributed by atoms with van der Waals surface area (Å²) < 4.78 is 25.7. The topological polar surface area (TPSA) is 23.8 Å². The Morgan fingerprint density at radius 2 is 1.58 bits per heavy atom. The summed E-state index contributed by atoms with van der Waals surface area (Å²) in [5.74, 6) is -3.78. The third-order valence-corrected chi connectivity index (χ3v) is 2.52. The minimum absolute atomic E-state index is 0.514. The van der Waals surface area contributed by atoms with Crippen molar-refractivity contribution in [3.63, 3.8) is 0 Å². The van der Waals surface area contributed by atoms with Crippen LogP contribution in [0.1, 0.15) is 38.5 Å². The molecule has 0 atom stereocenters. The van der Waals surface area contributed by atoms with Gasteiger partial charge in [0, 0.05) is 5.92 Å². The van der Waals surface area contributed by atoms with Crippen LogP contribution in [0.3, 0.4) is 0 Å². The van der Waals surface area contributed by atoms with Crippen molar-refractivity contribution in [2.45, 2.75) is 44.4 Å². The predicted octanol–water partition coefficient (Wildman–Crippen LogP) is 3.12. The molecule has 3 heteroatoms. The average Bonchev–Trinajstić information content (AvgIpc) is 2.32. The van der Waals surface area contributed by atoms with Crippen LogP contribution in [0, 0.1) is 17.2 Å². The van der Waals surface area contributed by atoms with Crippen molar-refractivity contribution >= 4 is 0 Å². The van der Waals surface area contributed by atoms with Gasteiger partial charge in [0.1, 0.15) is 6.07 Å². The van der Waals surface area contributed by atoms with Crippen molar-refractivity contribution < 1.29 is 8.78 Å². The molecule has 12 heavy (non-hydrogen) atoms. The molecule has 1 rings (SSSR count). The molecular formula is C9H13F2N. The molecule has 0 radical (unpaired) electrons. The molecule has 1 saturated carbocycles. The average molecular weight is 173 g/mol. The van der Waals surface area contributed by atoms with Crippen molar-refractivity contribution in [1.82, 2.24) is 0 Å². The van der Waals surface area contributed by atoms with Gasteiger partial charge in [0.05, 0.1) is 0 Å². The highest BCUT2D eigenvalue weighted by atomic mass is 19.3. The van der Waals surface area contributed by atoms with Crippen molar-refractivity contribution in [3.8, 4) is 6.07 Å². The highest BCUT2D eigenvalue weighted by Crippen LogP contribution is 2.34. The van der Waals surface area contributed by atoms with Crippen molar-refractivity contribution in [1.29, 1.82) is 5.26 Å². The first-order chi connectivity index (χ1) is 5.67. The Bertz CT molecular complexity index is 175. The molecule has 0 N–H and O–H groups in total. The second kappa shape index (κ2) is 3.84. The van der Waals surface area contributed by atoms with E-state index in [0.29, 0.717) is 12.8 Å². The first kappa shape index (κ1) is 9.44. The fraction of sp³-hybridized carbons (Fsp3) is 0.889. The zero-order valence-corrected chi connectivity index (χ0v) is 7.02. The molecule has 0 aromatic rings. The van der Waals surface area contributed by atoms with Crippen LogP contribution in [-0.4, -0.2) is 5.92 Å². The molecule has 68 valence electrons. The smallest absolute Gasteiger partial charge is 0.192 e. The molecule has 0 amide bonds. The van der Waals surface area contributed by atoms with Gasteiger partial charge in [-0.2, -0.15) is 14.0 Å². The number of nitriles is 1. The summed E-state index contributed by atoms with van der Waals surface area (Å²) in [6.45, 7) is 0. The van der Waals surface area contributed by atoms with E-state index in [9.17, 15) is 8.78 Å². The number of alkyl halides is 2. The first-order valence-corrected chi connectivity index (χ1v) is 4.46. The van der Waals surface area contributed by atoms with Crippen LogP contribution in [0.25, 0.3) is 0 Å². The molecule has 0 aromatic carbocycles. The summed E-state index contributed by atoms with van der Waals surface area (Å²) >= 11 is 0. The van der Waals surface area contributed by atoms with Crippen molar-refractivity contribution in [2.24, 2.45) is 5.92 Å². The van der Waals surface area contributed by atoms with Gasteiger partial charge in [-0.15, -0.1) is 0 Å². The summed E-state index contributed by atoms with van der Waals surface area (Å²) in [6.07, 6.45) is 4.81. The van der Waals surface area contributed by atoms with Crippen LogP contribution < -0.4 is 0 Å². The minimum Gasteiger partial charge on any atom is -0.192 e. The zero-order chi connectivity index (χ0) is 9.03. The maximum Gasteiger partial charge on any atom is 0.334 e. The maximum atomic E-state index is 12.9. The van der Waals surface area contributed by atoms with Gasteiger partial charge in [-0.25, -0.2) is 0 Å². The second-order valence-electron chi connectivity index (χ2n) is 3.42. The normalized spacial score (nSPS) is 21.4. The number of rotatable bonds is 1. The Balaban J connectivity index is 2.55. The highest BCUT2D eigenvalue weighted by molar-refractivity contribution is 4.97. The standard InChI is InChI=1S/C9H13F2N/c10-9(11,7-12)8-5-3-1-2-4-6-8/h8H,1-6H2. The lowest BCUT2D eigenvalue weighted by Crippen LogP contribution is -2.25. The molecule has 0 aromatic heterocycles. The molecule has 1 aliphatic rings. The number of hydrogen-bond donors (Lipinski definition) is 0. The molecule has 1 fully saturated rings. The maximum absolute atomic E-state index is 12.9. The monoisotopic (exact) mass is 173 g/mol. The van der Waals surface area contributed by atoms with E-state index in [4.69, 9.17) is 5.26 Å². The number of hydrogen-bond acceptors (Lipinski definition) is 1. The van der Waals surface area contributed by atoms with E-state index in [1.54, 1.807) is 0 Å². The van der Waals surface area contributed by atoms with E-state index in [1.165, 1.54) is 0 Å². The van der Waals surface area contributed by atoms with E-state index in [2.05, 4.69) is 0 Å². The molecule has 0 bridgehead atoms. The Morgan fingerprint density at radius 3 is 2.00 bits per heavy atom. The van der Waals surface area contributed by atoms with Crippen LogP contribution in [0.4, 0.5) is 8.78 Å². The highest BCUT2D eigenvalue weighted by Gasteiger charge is 2.39. The Labute approximate surface area is 71.4 Å². The molecule has 0 spiro atoms. The SMILES string of the molecule is N#CC(F)(F)C1CCCCCC1. The van der Waals surface area contributed by atoms with Crippen LogP contribution in [0.15, 0.2) is 0 Å². The van der Waals surface area contributed by atoms with Gasteiger partial charge in [0.2, 0.25) is 0 Å². The fourth-order valence-corrected chi connectivity index (χ4v) is 1.73. The summed E-state index contributed by atoms with van der Waals surface area (Å²) in [7, 11) is 0. The quantitative estimate of drug-likeness (QED) is 0.559. The molecule has 0 aliphatic heterocycles. The van der Waals surface area contributed by atoms with Crippen molar-refractivity contribution in [3.05, 3.63) is 0 Å². The lowest BCUT2D eigenvalue weighted by atomic mass is 9.94. The largest absolute Gasteiger partial charge is 0.334 e. The van der Waals surface area contributed by atoms with Crippen LogP contribution in [0.2, 0.25) is 0 Å². The number of halogens is 2. The summed E-state index contributed by atoms with van der Waals surface area (Å²) in [6, 6.07) is 1.11. The van der Waals surface area contributed by atoms with Gasteiger partial charge < -0.3 is 0 Å². The Hall–Kier alpha value is -0.650. The van der Waals surface area contributed by atoms with E-state index >= 15 is 0 Å². The van der Waals surface area contributed by atoms with Gasteiger partial charge in [-0.3, -0.25) is 0 Å². The molecule has 0 heterocycles. The van der Waals surface area contributed by atoms with E-state index in [0.717, 1.165) is 31.8 Å². The summed E-state index contributed by atoms with van der Waals surface area (Å²) in [5.41, 5.74) is 0. The molecule has 0 saturated heterocycles. The molecular weight excluding hydrogens is 160 g/mol. The van der Waals surface area contributed by atoms with Gasteiger partial charge in [-0.1, -0.05) is 25.7 Å². The van der Waals surface area contributed by atoms with Crippen LogP contribution in [-0.2, 0) is 0 Å². The third-order valence-electron chi connectivity index (χ3n) is 2.52. The Kier molecular flexibility index (Phi) is 3.02. The second-order valence-corrected chi connectivity index (χ2v) is 3.42. The lowest BCUT2D eigenvalue weighted by Gasteiger charge is -2.18. The zero-order valence-electron chi connectivity index (χ0n) is 7.02. The van der Waals surface area contributed by atoms with Gasteiger partial charge in [0.25, 0.3) is 0 Å². The first-order valence-electron chi connectivity index (χ1n) is 4.46. The number of nitrogens with zero attached hydrogens (tertiary/aromatic N) is 1. The Morgan fingerprint density at radius 1 is 1.08 bits per heavy atom. The van der Waals surface area contributed by atoms with E-state index in [-0.39, 0.29) is 0 Å². The van der Waals surface area contributed by atoms with E-state index < -0.39 is 11.8 Å².